The van der Waals surface area contributed by atoms with Gasteiger partial charge in [0.15, 0.2) is 0 Å². The van der Waals surface area contributed by atoms with E-state index in [1.54, 1.807) is 0 Å². The van der Waals surface area contributed by atoms with Gasteiger partial charge >= 0.3 is 0 Å². The summed E-state index contributed by atoms with van der Waals surface area (Å²) in [5.41, 5.74) is 3.97. The lowest BCUT2D eigenvalue weighted by Crippen LogP contribution is -2.22. The van der Waals surface area contributed by atoms with Gasteiger partial charge in [0.05, 0.1) is 0 Å². The molecule has 1 nitrogen and oxygen atoms in total. The third kappa shape index (κ3) is 2.85. The molecule has 1 aliphatic carbocycles. The first kappa shape index (κ1) is 13.9. The Balaban J connectivity index is 1.77. The van der Waals surface area contributed by atoms with E-state index in [2.05, 4.69) is 30.4 Å². The minimum absolute atomic E-state index is 0.278. The van der Waals surface area contributed by atoms with Gasteiger partial charge in [-0.05, 0) is 60.7 Å². The van der Waals surface area contributed by atoms with E-state index < -0.39 is 0 Å². The monoisotopic (exact) mass is 305 g/mol. The molecule has 0 amide bonds. The molecule has 0 saturated heterocycles. The van der Waals surface area contributed by atoms with Crippen LogP contribution in [0.2, 0.25) is 10.0 Å². The molecule has 104 valence electrons. The van der Waals surface area contributed by atoms with Gasteiger partial charge in [0.25, 0.3) is 0 Å². The molecule has 0 spiro atoms. The highest BCUT2D eigenvalue weighted by Gasteiger charge is 2.24. The van der Waals surface area contributed by atoms with Crippen LogP contribution in [0.1, 0.15) is 42.1 Å². The molecule has 0 aromatic heterocycles. The summed E-state index contributed by atoms with van der Waals surface area (Å²) in [6.07, 6.45) is 2.22. The minimum atomic E-state index is 0.278. The Hall–Kier alpha value is -1.02. The van der Waals surface area contributed by atoms with Crippen LogP contribution in [0, 0.1) is 0 Å². The largest absolute Gasteiger partial charge is 0.303 e. The molecule has 2 aromatic rings. The number of nitrogens with one attached hydrogen (secondary N) is 1. The van der Waals surface area contributed by atoms with Gasteiger partial charge in [-0.2, -0.15) is 0 Å². The highest BCUT2D eigenvalue weighted by molar-refractivity contribution is 6.30. The lowest BCUT2D eigenvalue weighted by molar-refractivity contribution is 0.465. The molecule has 0 fully saturated rings. The Morgan fingerprint density at radius 3 is 2.70 bits per heavy atom. The normalized spacial score (nSPS) is 18.9. The van der Waals surface area contributed by atoms with E-state index in [1.807, 2.05) is 24.3 Å². The molecule has 0 saturated carbocycles. The van der Waals surface area contributed by atoms with E-state index in [0.29, 0.717) is 6.04 Å². The molecule has 0 bridgehead atoms. The number of halogens is 2. The highest BCUT2D eigenvalue weighted by atomic mass is 35.5. The van der Waals surface area contributed by atoms with E-state index in [1.165, 1.54) is 16.7 Å². The van der Waals surface area contributed by atoms with Gasteiger partial charge in [-0.3, -0.25) is 0 Å². The van der Waals surface area contributed by atoms with Crippen molar-refractivity contribution in [1.29, 1.82) is 0 Å². The van der Waals surface area contributed by atoms with Crippen molar-refractivity contribution in [2.45, 2.75) is 31.8 Å². The summed E-state index contributed by atoms with van der Waals surface area (Å²) in [5.74, 6) is 0. The van der Waals surface area contributed by atoms with Gasteiger partial charge in [0.2, 0.25) is 0 Å². The van der Waals surface area contributed by atoms with Crippen molar-refractivity contribution >= 4 is 23.2 Å². The predicted octanol–water partition coefficient (Wildman–Crippen LogP) is 5.33. The van der Waals surface area contributed by atoms with Crippen LogP contribution in [0.3, 0.4) is 0 Å². The van der Waals surface area contributed by atoms with Crippen molar-refractivity contribution in [2.24, 2.45) is 0 Å². The maximum absolute atomic E-state index is 6.06. The average molecular weight is 306 g/mol. The highest BCUT2D eigenvalue weighted by Crippen LogP contribution is 2.34. The maximum Gasteiger partial charge on any atom is 0.0409 e. The third-order valence-electron chi connectivity index (χ3n) is 3.98. The zero-order valence-electron chi connectivity index (χ0n) is 11.4. The fraction of sp³-hybridized carbons (Fsp3) is 0.294. The second kappa shape index (κ2) is 5.77. The van der Waals surface area contributed by atoms with Crippen molar-refractivity contribution < 1.29 is 0 Å². The zero-order valence-corrected chi connectivity index (χ0v) is 12.9. The first-order valence-electron chi connectivity index (χ1n) is 6.93. The van der Waals surface area contributed by atoms with Crippen molar-refractivity contribution in [3.63, 3.8) is 0 Å². The number of aryl methyl sites for hydroxylation is 1. The minimum Gasteiger partial charge on any atom is -0.303 e. The second-order valence-corrected chi connectivity index (χ2v) is 6.25. The Bertz CT molecular complexity index is 624. The van der Waals surface area contributed by atoms with E-state index in [0.717, 1.165) is 22.9 Å². The molecule has 20 heavy (non-hydrogen) atoms. The SMILES string of the molecule is C[C@H](NC1CCc2cc(Cl)ccc21)c1cccc(Cl)c1. The van der Waals surface area contributed by atoms with Gasteiger partial charge < -0.3 is 5.32 Å². The van der Waals surface area contributed by atoms with Crippen LogP contribution in [0.5, 0.6) is 0 Å². The van der Waals surface area contributed by atoms with Crippen LogP contribution >= 0.6 is 23.2 Å². The molecule has 3 heteroatoms. The fourth-order valence-electron chi connectivity index (χ4n) is 2.93. The van der Waals surface area contributed by atoms with E-state index >= 15 is 0 Å². The Morgan fingerprint density at radius 1 is 1.10 bits per heavy atom. The second-order valence-electron chi connectivity index (χ2n) is 5.38. The number of hydrogen-bond acceptors (Lipinski definition) is 1. The fourth-order valence-corrected chi connectivity index (χ4v) is 3.33. The first-order chi connectivity index (χ1) is 9.63. The Kier molecular flexibility index (Phi) is 4.02. The van der Waals surface area contributed by atoms with Crippen molar-refractivity contribution in [3.05, 3.63) is 69.2 Å². The molecule has 2 atom stereocenters. The molecule has 0 heterocycles. The number of rotatable bonds is 3. The number of hydrogen-bond donors (Lipinski definition) is 1. The third-order valence-corrected chi connectivity index (χ3v) is 4.45. The van der Waals surface area contributed by atoms with Gasteiger partial charge in [-0.15, -0.1) is 0 Å². The molecule has 3 rings (SSSR count). The van der Waals surface area contributed by atoms with Crippen LogP contribution in [-0.2, 0) is 6.42 Å². The average Bonchev–Trinajstić information content (AvgIpc) is 2.81. The number of fused-ring (bicyclic) bond motifs is 1. The molecular formula is C17H17Cl2N. The summed E-state index contributed by atoms with van der Waals surface area (Å²) in [5, 5.41) is 5.31. The Labute approximate surface area is 129 Å². The van der Waals surface area contributed by atoms with Crippen molar-refractivity contribution in [3.8, 4) is 0 Å². The summed E-state index contributed by atoms with van der Waals surface area (Å²) < 4.78 is 0. The zero-order chi connectivity index (χ0) is 14.1. The number of benzene rings is 2. The summed E-state index contributed by atoms with van der Waals surface area (Å²) in [6, 6.07) is 14.9. The maximum atomic E-state index is 6.06. The molecule has 1 unspecified atom stereocenters. The quantitative estimate of drug-likeness (QED) is 0.808. The van der Waals surface area contributed by atoms with E-state index in [9.17, 15) is 0 Å². The molecular weight excluding hydrogens is 289 g/mol. The summed E-state index contributed by atoms with van der Waals surface area (Å²) in [7, 11) is 0. The predicted molar refractivity (Wildman–Crippen MR) is 85.5 cm³/mol. The molecule has 0 aliphatic heterocycles. The molecule has 0 radical (unpaired) electrons. The van der Waals surface area contributed by atoms with Crippen LogP contribution < -0.4 is 5.32 Å². The topological polar surface area (TPSA) is 12.0 Å². The van der Waals surface area contributed by atoms with E-state index in [-0.39, 0.29) is 6.04 Å². The lowest BCUT2D eigenvalue weighted by atomic mass is 10.0. The molecule has 1 N–H and O–H groups in total. The van der Waals surface area contributed by atoms with Crippen LogP contribution in [0.15, 0.2) is 42.5 Å². The van der Waals surface area contributed by atoms with Crippen LogP contribution in [0.25, 0.3) is 0 Å². The standard InChI is InChI=1S/C17H17Cl2N/c1-11(12-3-2-4-14(18)9-12)20-17-8-5-13-10-15(19)6-7-16(13)17/h2-4,6-7,9-11,17,20H,5,8H2,1H3/t11-,17?/m0/s1. The van der Waals surface area contributed by atoms with Crippen LogP contribution in [0.4, 0.5) is 0 Å². The van der Waals surface area contributed by atoms with Gasteiger partial charge in [0.1, 0.15) is 0 Å². The van der Waals surface area contributed by atoms with Crippen LogP contribution in [-0.4, -0.2) is 0 Å². The van der Waals surface area contributed by atoms with E-state index in [4.69, 9.17) is 23.2 Å². The first-order valence-corrected chi connectivity index (χ1v) is 7.69. The van der Waals surface area contributed by atoms with Gasteiger partial charge in [0, 0.05) is 22.1 Å². The van der Waals surface area contributed by atoms with Gasteiger partial charge in [-0.25, -0.2) is 0 Å². The van der Waals surface area contributed by atoms with Crippen molar-refractivity contribution in [2.75, 3.05) is 0 Å². The summed E-state index contributed by atoms with van der Waals surface area (Å²) in [6.45, 7) is 2.18. The summed E-state index contributed by atoms with van der Waals surface area (Å²) in [4.78, 5) is 0. The summed E-state index contributed by atoms with van der Waals surface area (Å²) >= 11 is 12.1. The molecule has 1 aliphatic rings. The van der Waals surface area contributed by atoms with Gasteiger partial charge in [-0.1, -0.05) is 41.4 Å². The Morgan fingerprint density at radius 2 is 1.90 bits per heavy atom. The van der Waals surface area contributed by atoms with Crippen molar-refractivity contribution in [1.82, 2.24) is 5.32 Å². The lowest BCUT2D eigenvalue weighted by Gasteiger charge is -2.21. The smallest absolute Gasteiger partial charge is 0.0409 e. The molecule has 2 aromatic carbocycles.